The number of rotatable bonds is 1. The minimum absolute atomic E-state index is 0.289. The first-order valence-electron chi connectivity index (χ1n) is 9.94. The molecule has 6 heteroatoms. The van der Waals surface area contributed by atoms with Gasteiger partial charge >= 0.3 is 6.09 Å². The quantitative estimate of drug-likeness (QED) is 0.709. The van der Waals surface area contributed by atoms with E-state index >= 15 is 0 Å². The summed E-state index contributed by atoms with van der Waals surface area (Å²) >= 11 is 0. The number of nitriles is 1. The predicted molar refractivity (Wildman–Crippen MR) is 106 cm³/mol. The molecule has 0 aliphatic carbocycles. The summed E-state index contributed by atoms with van der Waals surface area (Å²) in [7, 11) is 0. The van der Waals surface area contributed by atoms with Crippen LogP contribution in [0.3, 0.4) is 0 Å². The van der Waals surface area contributed by atoms with Gasteiger partial charge in [-0.15, -0.1) is 0 Å². The molecule has 3 rings (SSSR count). The molecule has 1 aromatic rings. The molecule has 0 radical (unpaired) electrons. The molecule has 1 fully saturated rings. The fraction of sp³-hybridized carbons (Fsp3) is 0.682. The Morgan fingerprint density at radius 3 is 2.43 bits per heavy atom. The highest BCUT2D eigenvalue weighted by atomic mass is 16.6. The number of pyridine rings is 1. The molecule has 2 aliphatic heterocycles. The second kappa shape index (κ2) is 6.73. The lowest BCUT2D eigenvalue weighted by Crippen LogP contribution is -2.47. The number of nitrogens with zero attached hydrogens (tertiary/aromatic N) is 3. The molecule has 0 aromatic carbocycles. The van der Waals surface area contributed by atoms with Crippen LogP contribution in [0.2, 0.25) is 0 Å². The minimum atomic E-state index is -0.663. The van der Waals surface area contributed by atoms with Crippen LogP contribution in [0.5, 0.6) is 0 Å². The van der Waals surface area contributed by atoms with Crippen molar-refractivity contribution in [1.82, 2.24) is 9.88 Å². The van der Waals surface area contributed by atoms with Crippen molar-refractivity contribution >= 4 is 6.09 Å². The monoisotopic (exact) mass is 385 g/mol. The summed E-state index contributed by atoms with van der Waals surface area (Å²) < 4.78 is 12.1. The number of hydrogen-bond donors (Lipinski definition) is 0. The summed E-state index contributed by atoms with van der Waals surface area (Å²) in [5, 5.41) is 9.69. The molecular weight excluding hydrogens is 354 g/mol. The largest absolute Gasteiger partial charge is 0.444 e. The van der Waals surface area contributed by atoms with Gasteiger partial charge in [-0.3, -0.25) is 4.98 Å². The van der Waals surface area contributed by atoms with Crippen LogP contribution in [0.4, 0.5) is 4.79 Å². The van der Waals surface area contributed by atoms with E-state index in [0.29, 0.717) is 25.9 Å². The molecule has 6 nitrogen and oxygen atoms in total. The van der Waals surface area contributed by atoms with Crippen LogP contribution in [0, 0.1) is 30.6 Å². The maximum absolute atomic E-state index is 12.4. The summed E-state index contributed by atoms with van der Waals surface area (Å²) in [5.41, 5.74) is 2.31. The Morgan fingerprint density at radius 1 is 1.29 bits per heavy atom. The van der Waals surface area contributed by atoms with Crippen molar-refractivity contribution in [2.45, 2.75) is 78.6 Å². The first kappa shape index (κ1) is 20.6. The molecule has 0 saturated carbocycles. The Kier molecular flexibility index (Phi) is 4.95. The van der Waals surface area contributed by atoms with E-state index in [1.807, 2.05) is 48.5 Å². The van der Waals surface area contributed by atoms with E-state index in [4.69, 9.17) is 14.5 Å². The molecular formula is C22H31N3O3. The Balaban J connectivity index is 1.89. The molecule has 1 atom stereocenters. The molecule has 1 aromatic heterocycles. The Hall–Kier alpha value is -2.13. The standard InChI is InChI=1S/C22H31N3O3/c1-14-12-16-17(24-15(14)2)22(27-18(16)21(6,7)13-23)8-10-25(11-9-22)19(26)28-20(3,4)5/h12,18H,8-11H2,1-7H3/t18-/m1/s1. The number of amides is 1. The first-order valence-corrected chi connectivity index (χ1v) is 9.94. The molecule has 3 heterocycles. The second-order valence-electron chi connectivity index (χ2n) is 9.62. The number of aryl methyl sites for hydroxylation is 2. The lowest BCUT2D eigenvalue weighted by atomic mass is 9.82. The number of fused-ring (bicyclic) bond motifs is 2. The van der Waals surface area contributed by atoms with Crippen LogP contribution in [-0.2, 0) is 15.1 Å². The van der Waals surface area contributed by atoms with E-state index in [1.54, 1.807) is 4.90 Å². The van der Waals surface area contributed by atoms with Gasteiger partial charge in [0.25, 0.3) is 0 Å². The zero-order valence-electron chi connectivity index (χ0n) is 18.0. The van der Waals surface area contributed by atoms with Gasteiger partial charge in [0.05, 0.1) is 17.2 Å². The highest BCUT2D eigenvalue weighted by Crippen LogP contribution is 2.54. The highest BCUT2D eigenvalue weighted by molar-refractivity contribution is 5.68. The van der Waals surface area contributed by atoms with Gasteiger partial charge in [-0.25, -0.2) is 4.79 Å². The summed E-state index contributed by atoms with van der Waals surface area (Å²) in [5.74, 6) is 0. The van der Waals surface area contributed by atoms with E-state index in [0.717, 1.165) is 22.5 Å². The molecule has 0 bridgehead atoms. The van der Waals surface area contributed by atoms with Crippen LogP contribution in [0.15, 0.2) is 6.07 Å². The summed E-state index contributed by atoms with van der Waals surface area (Å²) in [6.45, 7) is 14.6. The fourth-order valence-electron chi connectivity index (χ4n) is 3.96. The number of carbonyl (C=O) groups excluding carboxylic acids is 1. The molecule has 2 aliphatic rings. The van der Waals surface area contributed by atoms with E-state index < -0.39 is 16.6 Å². The maximum Gasteiger partial charge on any atom is 0.410 e. The molecule has 1 saturated heterocycles. The Morgan fingerprint density at radius 2 is 1.89 bits per heavy atom. The van der Waals surface area contributed by atoms with Crippen molar-refractivity contribution < 1.29 is 14.3 Å². The molecule has 152 valence electrons. The fourth-order valence-corrected chi connectivity index (χ4v) is 3.96. The lowest BCUT2D eigenvalue weighted by Gasteiger charge is -2.40. The third-order valence-electron chi connectivity index (χ3n) is 5.72. The van der Waals surface area contributed by atoms with E-state index in [1.165, 1.54) is 0 Å². The number of hydrogen-bond acceptors (Lipinski definition) is 5. The van der Waals surface area contributed by atoms with Crippen LogP contribution < -0.4 is 0 Å². The molecule has 0 N–H and O–H groups in total. The average molecular weight is 386 g/mol. The summed E-state index contributed by atoms with van der Waals surface area (Å²) in [6, 6.07) is 4.52. The Labute approximate surface area is 167 Å². The van der Waals surface area contributed by atoms with Gasteiger partial charge in [0, 0.05) is 24.3 Å². The third-order valence-corrected chi connectivity index (χ3v) is 5.72. The smallest absolute Gasteiger partial charge is 0.410 e. The number of likely N-dealkylation sites (tertiary alicyclic amines) is 1. The van der Waals surface area contributed by atoms with Gasteiger partial charge in [-0.05, 0) is 72.9 Å². The molecule has 0 unspecified atom stereocenters. The molecule has 1 spiro atoms. The van der Waals surface area contributed by atoms with E-state index in [9.17, 15) is 10.1 Å². The van der Waals surface area contributed by atoms with Gasteiger partial charge in [-0.1, -0.05) is 0 Å². The average Bonchev–Trinajstić information content (AvgIpc) is 2.89. The summed E-state index contributed by atoms with van der Waals surface area (Å²) in [6.07, 6.45) is 0.675. The van der Waals surface area contributed by atoms with Crippen molar-refractivity contribution in [1.29, 1.82) is 5.26 Å². The van der Waals surface area contributed by atoms with Crippen LogP contribution in [0.25, 0.3) is 0 Å². The van der Waals surface area contributed by atoms with Gasteiger partial charge in [0.15, 0.2) is 0 Å². The van der Waals surface area contributed by atoms with Gasteiger partial charge in [0.2, 0.25) is 0 Å². The second-order valence-corrected chi connectivity index (χ2v) is 9.62. The molecule has 28 heavy (non-hydrogen) atoms. The predicted octanol–water partition coefficient (Wildman–Crippen LogP) is 4.55. The van der Waals surface area contributed by atoms with Crippen molar-refractivity contribution in [3.63, 3.8) is 0 Å². The topological polar surface area (TPSA) is 75.5 Å². The lowest BCUT2D eigenvalue weighted by molar-refractivity contribution is -0.134. The first-order chi connectivity index (χ1) is 12.9. The van der Waals surface area contributed by atoms with Gasteiger partial charge in [0.1, 0.15) is 17.3 Å². The normalized spacial score (nSPS) is 21.4. The van der Waals surface area contributed by atoms with Crippen molar-refractivity contribution in [3.8, 4) is 6.07 Å². The maximum atomic E-state index is 12.4. The molecule has 1 amide bonds. The van der Waals surface area contributed by atoms with Crippen LogP contribution in [-0.4, -0.2) is 34.7 Å². The zero-order valence-corrected chi connectivity index (χ0v) is 18.0. The van der Waals surface area contributed by atoms with E-state index in [-0.39, 0.29) is 12.2 Å². The number of ether oxygens (including phenoxy) is 2. The number of piperidine rings is 1. The van der Waals surface area contributed by atoms with Gasteiger partial charge < -0.3 is 14.4 Å². The van der Waals surface area contributed by atoms with Crippen LogP contribution >= 0.6 is 0 Å². The van der Waals surface area contributed by atoms with Gasteiger partial charge in [-0.2, -0.15) is 5.26 Å². The Bertz CT molecular complexity index is 825. The number of aromatic nitrogens is 1. The zero-order chi connectivity index (χ0) is 20.9. The van der Waals surface area contributed by atoms with E-state index in [2.05, 4.69) is 12.1 Å². The number of carbonyl (C=O) groups is 1. The third kappa shape index (κ3) is 3.60. The summed E-state index contributed by atoms with van der Waals surface area (Å²) in [4.78, 5) is 19.1. The van der Waals surface area contributed by atoms with Crippen molar-refractivity contribution in [2.75, 3.05) is 13.1 Å². The van der Waals surface area contributed by atoms with Crippen molar-refractivity contribution in [2.24, 2.45) is 5.41 Å². The SMILES string of the molecule is Cc1cc2c(nc1C)C1(CCN(C(=O)OC(C)(C)C)CC1)O[C@H]2C(C)(C)C#N. The minimum Gasteiger partial charge on any atom is -0.444 e. The van der Waals surface area contributed by atoms with Crippen molar-refractivity contribution in [3.05, 3.63) is 28.6 Å². The highest BCUT2D eigenvalue weighted by Gasteiger charge is 2.53. The van der Waals surface area contributed by atoms with Crippen LogP contribution in [0.1, 0.15) is 76.1 Å².